The second-order valence-electron chi connectivity index (χ2n) is 9.03. The first-order valence-corrected chi connectivity index (χ1v) is 16.1. The van der Waals surface area contributed by atoms with E-state index in [9.17, 15) is 0 Å². The van der Waals surface area contributed by atoms with E-state index in [1.54, 1.807) is 24.3 Å². The summed E-state index contributed by atoms with van der Waals surface area (Å²) >= 11 is 42.1. The quantitative estimate of drug-likeness (QED) is 0.122. The van der Waals surface area contributed by atoms with Gasteiger partial charge in [-0.05, 0) is 49.9 Å². The molecule has 0 amide bonds. The van der Waals surface area contributed by atoms with Crippen LogP contribution in [0.1, 0.15) is 79.1 Å². The molecule has 0 unspecified atom stereocenters. The average Bonchev–Trinajstić information content (AvgIpc) is 2.90. The molecule has 0 heterocycles. The second-order valence-corrected chi connectivity index (χ2v) is 12.3. The van der Waals surface area contributed by atoms with Crippen molar-refractivity contribution in [3.63, 3.8) is 0 Å². The summed E-state index contributed by atoms with van der Waals surface area (Å²) in [6.45, 7) is 15.0. The van der Waals surface area contributed by atoms with E-state index in [4.69, 9.17) is 96.9 Å². The summed E-state index contributed by atoms with van der Waals surface area (Å²) in [5.41, 5.74) is 0. The Labute approximate surface area is 284 Å². The van der Waals surface area contributed by atoms with Crippen LogP contribution in [0.4, 0.5) is 0 Å². The van der Waals surface area contributed by atoms with Gasteiger partial charge in [-0.2, -0.15) is 19.6 Å². The number of hydrogen-bond donors (Lipinski definition) is 0. The molecule has 2 aromatic carbocycles. The Morgan fingerprint density at radius 2 is 0.658 bits per heavy atom. The Balaban J connectivity index is 0. The number of benzene rings is 2. The smallest absolute Gasteiger partial charge is 0.780 e. The maximum Gasteiger partial charge on any atom is 3.00 e. The third kappa shape index (κ3) is 15.8. The molecule has 0 aromatic heterocycles. The van der Waals surface area contributed by atoms with Gasteiger partial charge in [0.05, 0.1) is 26.2 Å². The maximum absolute atomic E-state index is 5.66. The van der Waals surface area contributed by atoms with Crippen molar-refractivity contribution >= 4 is 96.9 Å². The van der Waals surface area contributed by atoms with Gasteiger partial charge in [0.15, 0.2) is 0 Å². The van der Waals surface area contributed by atoms with Gasteiger partial charge in [-0.1, -0.05) is 99.8 Å². The van der Waals surface area contributed by atoms with Crippen LogP contribution in [-0.4, -0.2) is 30.7 Å². The van der Waals surface area contributed by atoms with E-state index >= 15 is 0 Å². The number of unbranched alkanes of at least 4 members (excludes halogenated alkanes) is 4. The van der Waals surface area contributed by atoms with Gasteiger partial charge in [0, 0.05) is 20.1 Å². The molecule has 1 radical (unpaired) electrons. The van der Waals surface area contributed by atoms with Crippen LogP contribution in [-0.2, 0) is 67.0 Å². The second kappa shape index (κ2) is 23.5. The fourth-order valence-corrected chi connectivity index (χ4v) is 5.24. The predicted molar refractivity (Wildman–Crippen MR) is 175 cm³/mol. The topological polar surface area (TPSA) is 0 Å². The van der Waals surface area contributed by atoms with Gasteiger partial charge in [-0.15, -0.1) is 0 Å². The largest absolute Gasteiger partial charge is 3.00 e. The minimum Gasteiger partial charge on any atom is -0.780 e. The fraction of sp³-hybridized carbons (Fsp3) is 0.571. The Morgan fingerprint density at radius 3 is 0.816 bits per heavy atom. The van der Waals surface area contributed by atoms with Gasteiger partial charge in [0.2, 0.25) is 0 Å². The number of nitrogens with zero attached hydrogens (tertiary/aromatic N) is 1. The molecule has 0 aliphatic heterocycles. The molecule has 1 nitrogen and oxygen atoms in total. The zero-order chi connectivity index (χ0) is 28.4. The van der Waals surface area contributed by atoms with E-state index in [1.165, 1.54) is 82.0 Å². The van der Waals surface area contributed by atoms with E-state index in [-0.39, 0.29) is 16.5 Å². The molecule has 0 N–H and O–H groups in total. The summed E-state index contributed by atoms with van der Waals surface area (Å²) in [6, 6.07) is 6.56. The van der Waals surface area contributed by atoms with Gasteiger partial charge < -0.3 is 55.0 Å². The molecule has 0 aliphatic rings. The first-order valence-electron chi connectivity index (χ1n) is 13.0. The van der Waals surface area contributed by atoms with Crippen molar-refractivity contribution in [2.45, 2.75) is 98.6 Å². The van der Waals surface area contributed by atoms with Gasteiger partial charge in [0.25, 0.3) is 0 Å². The van der Waals surface area contributed by atoms with E-state index in [2.05, 4.69) is 27.7 Å². The normalized spacial score (nSPS) is 10.5. The molecular formula is C28H40Cl4NNiS4. The zero-order valence-corrected chi connectivity index (χ0v) is 30.0. The third-order valence-corrected chi connectivity index (χ3v) is 9.64. The van der Waals surface area contributed by atoms with Crippen molar-refractivity contribution in [1.82, 2.24) is 0 Å². The predicted octanol–water partition coefficient (Wildman–Crippen LogP) is 10.6. The summed E-state index contributed by atoms with van der Waals surface area (Å²) < 4.78 is 1.42. The van der Waals surface area contributed by atoms with E-state index in [0.717, 1.165) is 0 Å². The van der Waals surface area contributed by atoms with Crippen LogP contribution < -0.4 is 0 Å². The van der Waals surface area contributed by atoms with Crippen molar-refractivity contribution in [2.75, 3.05) is 26.2 Å². The van der Waals surface area contributed by atoms with Gasteiger partial charge in [-0.25, -0.2) is 0 Å². The minimum absolute atomic E-state index is 0. The monoisotopic (exact) mass is 716 g/mol. The summed E-state index contributed by atoms with van der Waals surface area (Å²) in [5, 5.41) is 1.96. The van der Waals surface area contributed by atoms with E-state index < -0.39 is 0 Å². The van der Waals surface area contributed by atoms with E-state index in [1.807, 2.05) is 0 Å². The average molecular weight is 719 g/mol. The Bertz CT molecular complexity index is 772. The molecule has 0 saturated heterocycles. The van der Waals surface area contributed by atoms with Crippen molar-refractivity contribution in [1.29, 1.82) is 0 Å². The van der Waals surface area contributed by atoms with Gasteiger partial charge in [-0.3, -0.25) is 0 Å². The molecule has 0 atom stereocenters. The number of halogens is 4. The van der Waals surface area contributed by atoms with Crippen LogP contribution in [0.3, 0.4) is 0 Å². The Hall–Kier alpha value is 0.934. The van der Waals surface area contributed by atoms with Crippen molar-refractivity contribution < 1.29 is 21.0 Å². The first-order chi connectivity index (χ1) is 17.5. The fourth-order valence-electron chi connectivity index (χ4n) is 3.67. The Morgan fingerprint density at radius 1 is 0.474 bits per heavy atom. The minimum atomic E-state index is 0. The summed E-state index contributed by atoms with van der Waals surface area (Å²) in [5.74, 6) is 0. The molecule has 38 heavy (non-hydrogen) atoms. The Kier molecular flexibility index (Phi) is 25.4. The molecule has 2 rings (SSSR count). The molecule has 0 aliphatic carbocycles. The third-order valence-electron chi connectivity index (χ3n) is 5.98. The molecule has 0 spiro atoms. The van der Waals surface area contributed by atoms with Crippen molar-refractivity contribution in [3.8, 4) is 0 Å². The molecule has 0 fully saturated rings. The molecular weight excluding hydrogens is 679 g/mol. The number of quaternary nitrogens is 1. The molecule has 0 bridgehead atoms. The molecule has 219 valence electrons. The van der Waals surface area contributed by atoms with Crippen LogP contribution in [0.5, 0.6) is 0 Å². The first kappa shape index (κ1) is 41.1. The summed E-state index contributed by atoms with van der Waals surface area (Å²) in [4.78, 5) is 1.85. The molecule has 2 aromatic rings. The number of hydrogen-bond acceptors (Lipinski definition) is 4. The standard InChI is InChI=1S/C16H36N.2C6H4Cl2S2.Ni/c1-5-9-13-17(14-10-6-2,15-11-7-3)16-12-8-4;2*7-3-1-2-4(8)6(10)5(3)9;/h5-16H2,1-4H3;2*1-2,9-10H;/q+1;;;+3/p-4. The van der Waals surface area contributed by atoms with Crippen LogP contribution in [0.15, 0.2) is 43.8 Å². The van der Waals surface area contributed by atoms with Gasteiger partial charge >= 0.3 is 16.5 Å². The van der Waals surface area contributed by atoms with Crippen LogP contribution in [0.25, 0.3) is 0 Å². The summed E-state index contributed by atoms with van der Waals surface area (Å²) in [6.07, 6.45) is 11.1. The van der Waals surface area contributed by atoms with Gasteiger partial charge in [0.1, 0.15) is 0 Å². The van der Waals surface area contributed by atoms with Crippen LogP contribution >= 0.6 is 46.4 Å². The summed E-state index contributed by atoms with van der Waals surface area (Å²) in [7, 11) is 0. The van der Waals surface area contributed by atoms with E-state index in [0.29, 0.717) is 39.7 Å². The maximum atomic E-state index is 5.66. The van der Waals surface area contributed by atoms with Crippen molar-refractivity contribution in [3.05, 3.63) is 44.4 Å². The SMILES string of the molecule is CCCC[N+](CCCC)(CCCC)CCCC.[Ni+3].[S-]c1c(Cl)ccc(Cl)c1[S-].[S-]c1c(Cl)ccc(Cl)c1[S-]. The number of rotatable bonds is 12. The zero-order valence-electron chi connectivity index (χ0n) is 22.7. The molecule has 10 heteroatoms. The van der Waals surface area contributed by atoms with Crippen LogP contribution in [0.2, 0.25) is 20.1 Å². The molecule has 0 saturated carbocycles. The van der Waals surface area contributed by atoms with Crippen molar-refractivity contribution in [2.24, 2.45) is 0 Å². The van der Waals surface area contributed by atoms with Crippen LogP contribution in [0, 0.1) is 0 Å².